The van der Waals surface area contributed by atoms with Crippen molar-refractivity contribution in [3.8, 4) is 0 Å². The van der Waals surface area contributed by atoms with Gasteiger partial charge in [-0.15, -0.1) is 16.2 Å². The molecule has 3 N–H and O–H groups in total. The van der Waals surface area contributed by atoms with Gasteiger partial charge in [-0.1, -0.05) is 0 Å². The molecule has 0 saturated heterocycles. The van der Waals surface area contributed by atoms with E-state index in [2.05, 4.69) is 0 Å². The Morgan fingerprint density at radius 2 is 2.33 bits per heavy atom. The topological polar surface area (TPSA) is 75.7 Å². The monoisotopic (exact) mass is 146 g/mol. The number of nitrogens with two attached hydrogens (primary N) is 1. The van der Waals surface area contributed by atoms with Crippen LogP contribution in [0.5, 0.6) is 0 Å². The smallest absolute Gasteiger partial charge is 0.152 e. The highest BCUT2D eigenvalue weighted by Gasteiger charge is 1.75. The first-order valence-electron chi connectivity index (χ1n) is 2.07. The number of anilines is 1. The summed E-state index contributed by atoms with van der Waals surface area (Å²) < 4.78 is 0. The molecule has 1 aromatic rings. The summed E-state index contributed by atoms with van der Waals surface area (Å²) in [7, 11) is 0. The Balaban J connectivity index is 0.000000187. The van der Waals surface area contributed by atoms with Gasteiger partial charge in [-0.2, -0.15) is 0 Å². The van der Waals surface area contributed by atoms with Crippen LogP contribution < -0.4 is 5.73 Å². The Bertz CT molecular complexity index is 152. The zero-order valence-electron chi connectivity index (χ0n) is 4.52. The predicted octanol–water partition coefficient (Wildman–Crippen LogP) is 1.47. The van der Waals surface area contributed by atoms with E-state index < -0.39 is 0 Å². The Labute approximate surface area is 55.9 Å². The molecule has 0 aliphatic carbocycles. The van der Waals surface area contributed by atoms with E-state index in [0.717, 1.165) is 5.00 Å². The lowest BCUT2D eigenvalue weighted by atomic mass is 10.6. The van der Waals surface area contributed by atoms with Crippen LogP contribution in [0.15, 0.2) is 22.9 Å². The van der Waals surface area contributed by atoms with Gasteiger partial charge in [0.25, 0.3) is 0 Å². The molecule has 0 atom stereocenters. The van der Waals surface area contributed by atoms with Crippen LogP contribution in [0.25, 0.3) is 0 Å². The first-order chi connectivity index (χ1) is 4.31. The van der Waals surface area contributed by atoms with Gasteiger partial charge in [-0.3, -0.25) is 0 Å². The van der Waals surface area contributed by atoms with E-state index >= 15 is 0 Å². The molecule has 4 nitrogen and oxygen atoms in total. The summed E-state index contributed by atoms with van der Waals surface area (Å²) in [4.78, 5) is 8.11. The van der Waals surface area contributed by atoms with E-state index in [1.807, 2.05) is 17.5 Å². The molecule has 9 heavy (non-hydrogen) atoms. The van der Waals surface area contributed by atoms with Gasteiger partial charge < -0.3 is 10.9 Å². The second-order valence-corrected chi connectivity index (χ2v) is 2.08. The van der Waals surface area contributed by atoms with Crippen LogP contribution in [0.4, 0.5) is 5.00 Å². The minimum atomic E-state index is 0.884. The molecule has 50 valence electrons. The van der Waals surface area contributed by atoms with Gasteiger partial charge in [0.05, 0.1) is 5.00 Å². The molecular weight excluding hydrogens is 140 g/mol. The first-order valence-corrected chi connectivity index (χ1v) is 2.95. The lowest BCUT2D eigenvalue weighted by Gasteiger charge is -1.68. The summed E-state index contributed by atoms with van der Waals surface area (Å²) in [5.74, 6) is 0. The molecule has 1 heterocycles. The molecule has 0 aromatic carbocycles. The number of hydrogen-bond acceptors (Lipinski definition) is 4. The first kappa shape index (κ1) is 7.90. The van der Waals surface area contributed by atoms with Gasteiger partial charge >= 0.3 is 0 Å². The highest BCUT2D eigenvalue weighted by Crippen LogP contribution is 2.07. The molecule has 0 fully saturated rings. The van der Waals surface area contributed by atoms with Crippen molar-refractivity contribution in [3.05, 3.63) is 22.4 Å². The third kappa shape index (κ3) is 4.76. The van der Waals surface area contributed by atoms with Crippen LogP contribution in [0.2, 0.25) is 0 Å². The second kappa shape index (κ2) is 5.04. The molecule has 0 unspecified atom stereocenters. The van der Waals surface area contributed by atoms with Crippen LogP contribution in [-0.4, -0.2) is 5.21 Å². The normalized spacial score (nSPS) is 7.11. The second-order valence-electron chi connectivity index (χ2n) is 1.10. The molecule has 5 heteroatoms. The van der Waals surface area contributed by atoms with Crippen LogP contribution in [-0.2, 0) is 0 Å². The quantitative estimate of drug-likeness (QED) is 0.430. The minimum absolute atomic E-state index is 0.884. The fourth-order valence-corrected chi connectivity index (χ4v) is 0.763. The fourth-order valence-electron chi connectivity index (χ4n) is 0.291. The molecule has 0 aliphatic heterocycles. The van der Waals surface area contributed by atoms with E-state index in [4.69, 9.17) is 15.8 Å². The van der Waals surface area contributed by atoms with Crippen molar-refractivity contribution in [1.82, 2.24) is 0 Å². The maximum Gasteiger partial charge on any atom is 0.152 e. The van der Waals surface area contributed by atoms with Crippen molar-refractivity contribution in [2.24, 2.45) is 5.34 Å². The average Bonchev–Trinajstić information content (AvgIpc) is 2.20. The highest BCUT2D eigenvalue weighted by atomic mass is 32.1. The molecule has 0 radical (unpaired) electrons. The summed E-state index contributed by atoms with van der Waals surface area (Å²) in [6, 6.07) is 3.81. The standard InChI is InChI=1S/C4H5NS.HNO2/c5-4-2-1-3-6-4;2-1-3/h1-3H,5H2;(H,2,3). The summed E-state index contributed by atoms with van der Waals surface area (Å²) in [6.07, 6.45) is 0. The van der Waals surface area contributed by atoms with Gasteiger partial charge in [0, 0.05) is 0 Å². The Morgan fingerprint density at radius 1 is 1.78 bits per heavy atom. The van der Waals surface area contributed by atoms with Crippen molar-refractivity contribution in [2.75, 3.05) is 5.73 Å². The van der Waals surface area contributed by atoms with E-state index in [-0.39, 0.29) is 0 Å². The lowest BCUT2D eigenvalue weighted by Crippen LogP contribution is -1.72. The van der Waals surface area contributed by atoms with E-state index in [0.29, 0.717) is 0 Å². The molecular formula is C4H6N2O2S. The lowest BCUT2D eigenvalue weighted by molar-refractivity contribution is 0.312. The van der Waals surface area contributed by atoms with Gasteiger partial charge in [-0.05, 0) is 17.5 Å². The highest BCUT2D eigenvalue weighted by molar-refractivity contribution is 7.13. The summed E-state index contributed by atoms with van der Waals surface area (Å²) in [5, 5.41) is 10.7. The Kier molecular flexibility index (Phi) is 4.43. The zero-order chi connectivity index (χ0) is 7.11. The third-order valence-electron chi connectivity index (χ3n) is 0.543. The molecule has 0 saturated carbocycles. The number of rotatable bonds is 0. The van der Waals surface area contributed by atoms with Crippen LogP contribution in [0.1, 0.15) is 0 Å². The van der Waals surface area contributed by atoms with Crippen molar-refractivity contribution in [2.45, 2.75) is 0 Å². The molecule has 1 rings (SSSR count). The largest absolute Gasteiger partial charge is 0.391 e. The van der Waals surface area contributed by atoms with Crippen LogP contribution >= 0.6 is 11.3 Å². The maximum atomic E-state index is 8.11. The maximum absolute atomic E-state index is 8.11. The summed E-state index contributed by atoms with van der Waals surface area (Å²) >= 11 is 1.56. The van der Waals surface area contributed by atoms with Gasteiger partial charge in [0.2, 0.25) is 0 Å². The number of thiophene rings is 1. The van der Waals surface area contributed by atoms with Crippen molar-refractivity contribution in [1.29, 1.82) is 0 Å². The van der Waals surface area contributed by atoms with Crippen molar-refractivity contribution >= 4 is 16.3 Å². The minimum Gasteiger partial charge on any atom is -0.391 e. The van der Waals surface area contributed by atoms with E-state index in [1.54, 1.807) is 11.3 Å². The zero-order valence-corrected chi connectivity index (χ0v) is 5.34. The molecule has 0 spiro atoms. The van der Waals surface area contributed by atoms with E-state index in [9.17, 15) is 0 Å². The van der Waals surface area contributed by atoms with E-state index in [1.165, 1.54) is 5.34 Å². The summed E-state index contributed by atoms with van der Waals surface area (Å²) in [5.41, 5.74) is 5.30. The molecule has 1 aromatic heterocycles. The fraction of sp³-hybridized carbons (Fsp3) is 0. The van der Waals surface area contributed by atoms with Crippen molar-refractivity contribution in [3.63, 3.8) is 0 Å². The van der Waals surface area contributed by atoms with Gasteiger partial charge in [-0.25, -0.2) is 0 Å². The SMILES string of the molecule is Nc1cccs1.O=NO. The average molecular weight is 146 g/mol. The molecule has 0 aliphatic rings. The van der Waals surface area contributed by atoms with Gasteiger partial charge in [0.1, 0.15) is 0 Å². The Hall–Kier alpha value is -1.10. The third-order valence-corrected chi connectivity index (χ3v) is 1.24. The molecule has 0 amide bonds. The van der Waals surface area contributed by atoms with Gasteiger partial charge in [0.15, 0.2) is 5.34 Å². The Morgan fingerprint density at radius 3 is 2.44 bits per heavy atom. The number of nitrogens with zero attached hydrogens (tertiary/aromatic N) is 1. The predicted molar refractivity (Wildman–Crippen MR) is 36.3 cm³/mol. The van der Waals surface area contributed by atoms with Crippen molar-refractivity contribution < 1.29 is 5.21 Å². The number of nitrogen functional groups attached to an aromatic ring is 1. The van der Waals surface area contributed by atoms with Crippen LogP contribution in [0, 0.1) is 4.91 Å². The molecule has 0 bridgehead atoms. The number of hydrogen-bond donors (Lipinski definition) is 2. The van der Waals surface area contributed by atoms with Crippen LogP contribution in [0.3, 0.4) is 0 Å². The summed E-state index contributed by atoms with van der Waals surface area (Å²) in [6.45, 7) is 0.